The van der Waals surface area contributed by atoms with E-state index in [-0.39, 0.29) is 0 Å². The molecule has 6 heteroatoms. The van der Waals surface area contributed by atoms with E-state index in [1.54, 1.807) is 6.20 Å². The molecular weight excluding hydrogens is 336 g/mol. The quantitative estimate of drug-likeness (QED) is 0.505. The molecular formula is C14H13BrN4S. The molecule has 2 rings (SSSR count). The standard InChI is InChI=1S/C14H13BrN4S/c1-10(11-5-7-12(15)8-6-11)18-19-14(20)17-13-4-2-3-9-16-13/h2-9H,1H3,(H2,16,17,19,20)/b18-10+. The number of pyridine rings is 1. The van der Waals surface area contributed by atoms with Crippen LogP contribution in [0.3, 0.4) is 0 Å². The number of halogens is 1. The van der Waals surface area contributed by atoms with Crippen LogP contribution in [-0.2, 0) is 0 Å². The molecule has 2 N–H and O–H groups in total. The topological polar surface area (TPSA) is 49.3 Å². The molecule has 4 nitrogen and oxygen atoms in total. The number of thiocarbonyl (C=S) groups is 1. The molecule has 1 heterocycles. The number of hydrogen-bond donors (Lipinski definition) is 2. The second-order valence-electron chi connectivity index (χ2n) is 3.99. The highest BCUT2D eigenvalue weighted by molar-refractivity contribution is 9.10. The van der Waals surface area contributed by atoms with E-state index in [1.165, 1.54) is 0 Å². The maximum Gasteiger partial charge on any atom is 0.192 e. The fourth-order valence-corrected chi connectivity index (χ4v) is 1.89. The van der Waals surface area contributed by atoms with Crippen molar-refractivity contribution in [3.8, 4) is 0 Å². The predicted molar refractivity (Wildman–Crippen MR) is 89.9 cm³/mol. The van der Waals surface area contributed by atoms with Crippen molar-refractivity contribution in [2.24, 2.45) is 5.10 Å². The lowest BCUT2D eigenvalue weighted by atomic mass is 10.1. The summed E-state index contributed by atoms with van der Waals surface area (Å²) in [4.78, 5) is 4.12. The second-order valence-corrected chi connectivity index (χ2v) is 5.31. The van der Waals surface area contributed by atoms with E-state index in [1.807, 2.05) is 49.4 Å². The van der Waals surface area contributed by atoms with E-state index in [2.05, 4.69) is 36.8 Å². The van der Waals surface area contributed by atoms with Crippen molar-refractivity contribution in [3.05, 3.63) is 58.7 Å². The molecule has 2 aromatic rings. The van der Waals surface area contributed by atoms with Crippen molar-refractivity contribution < 1.29 is 0 Å². The van der Waals surface area contributed by atoms with Crippen LogP contribution in [0, 0.1) is 0 Å². The SMILES string of the molecule is C/C(=N\NC(=S)Nc1ccccn1)c1ccc(Br)cc1. The molecule has 0 spiro atoms. The fourth-order valence-electron chi connectivity index (χ4n) is 1.47. The first-order chi connectivity index (χ1) is 9.65. The van der Waals surface area contributed by atoms with Crippen molar-refractivity contribution in [3.63, 3.8) is 0 Å². The highest BCUT2D eigenvalue weighted by Gasteiger charge is 1.99. The minimum absolute atomic E-state index is 0.403. The molecule has 0 fully saturated rings. The Kier molecular flexibility index (Phi) is 5.20. The molecule has 0 saturated heterocycles. The Morgan fingerprint density at radius 2 is 1.95 bits per heavy atom. The van der Waals surface area contributed by atoms with Gasteiger partial charge in [-0.3, -0.25) is 5.43 Å². The first-order valence-electron chi connectivity index (χ1n) is 5.93. The van der Waals surface area contributed by atoms with E-state index in [0.717, 1.165) is 15.7 Å². The maximum absolute atomic E-state index is 5.15. The highest BCUT2D eigenvalue weighted by atomic mass is 79.9. The van der Waals surface area contributed by atoms with Crippen LogP contribution < -0.4 is 10.7 Å². The summed E-state index contributed by atoms with van der Waals surface area (Å²) < 4.78 is 1.04. The smallest absolute Gasteiger partial charge is 0.192 e. The lowest BCUT2D eigenvalue weighted by Gasteiger charge is -2.07. The lowest BCUT2D eigenvalue weighted by Crippen LogP contribution is -2.25. The summed E-state index contributed by atoms with van der Waals surface area (Å²) in [5.41, 5.74) is 4.68. The van der Waals surface area contributed by atoms with Crippen molar-refractivity contribution in [2.45, 2.75) is 6.92 Å². The zero-order valence-corrected chi connectivity index (χ0v) is 13.2. The van der Waals surface area contributed by atoms with E-state index in [0.29, 0.717) is 10.9 Å². The van der Waals surface area contributed by atoms with Gasteiger partial charge in [0.25, 0.3) is 0 Å². The number of anilines is 1. The average molecular weight is 349 g/mol. The minimum Gasteiger partial charge on any atom is -0.316 e. The van der Waals surface area contributed by atoms with Gasteiger partial charge in [-0.25, -0.2) is 4.98 Å². The summed E-state index contributed by atoms with van der Waals surface area (Å²) in [6.07, 6.45) is 1.70. The first kappa shape index (κ1) is 14.6. The number of benzene rings is 1. The van der Waals surface area contributed by atoms with Crippen LogP contribution in [-0.4, -0.2) is 15.8 Å². The van der Waals surface area contributed by atoms with Crippen LogP contribution in [0.4, 0.5) is 5.82 Å². The van der Waals surface area contributed by atoms with Crippen LogP contribution in [0.5, 0.6) is 0 Å². The molecule has 0 radical (unpaired) electrons. The summed E-state index contributed by atoms with van der Waals surface area (Å²) >= 11 is 8.55. The van der Waals surface area contributed by atoms with Crippen LogP contribution in [0.1, 0.15) is 12.5 Å². The van der Waals surface area contributed by atoms with Gasteiger partial charge in [0.1, 0.15) is 5.82 Å². The third kappa shape index (κ3) is 4.40. The Hall–Kier alpha value is -1.79. The summed E-state index contributed by atoms with van der Waals surface area (Å²) in [5, 5.41) is 7.60. The zero-order chi connectivity index (χ0) is 14.4. The van der Waals surface area contributed by atoms with Crippen molar-refractivity contribution in [1.82, 2.24) is 10.4 Å². The molecule has 0 aliphatic carbocycles. The molecule has 1 aromatic heterocycles. The van der Waals surface area contributed by atoms with Crippen LogP contribution in [0.15, 0.2) is 58.2 Å². The van der Waals surface area contributed by atoms with Gasteiger partial charge in [0.15, 0.2) is 5.11 Å². The highest BCUT2D eigenvalue weighted by Crippen LogP contribution is 2.11. The predicted octanol–water partition coefficient (Wildman–Crippen LogP) is 3.55. The lowest BCUT2D eigenvalue weighted by molar-refractivity contribution is 1.03. The van der Waals surface area contributed by atoms with Gasteiger partial charge in [-0.2, -0.15) is 5.10 Å². The van der Waals surface area contributed by atoms with E-state index < -0.39 is 0 Å². The number of nitrogens with zero attached hydrogens (tertiary/aromatic N) is 2. The average Bonchev–Trinajstić information content (AvgIpc) is 2.46. The Bertz CT molecular complexity index is 611. The molecule has 0 bridgehead atoms. The largest absolute Gasteiger partial charge is 0.316 e. The van der Waals surface area contributed by atoms with Crippen LogP contribution in [0.25, 0.3) is 0 Å². The molecule has 1 aromatic carbocycles. The number of hydrazone groups is 1. The van der Waals surface area contributed by atoms with Crippen molar-refractivity contribution in [2.75, 3.05) is 5.32 Å². The van der Waals surface area contributed by atoms with Gasteiger partial charge in [0.2, 0.25) is 0 Å². The Morgan fingerprint density at radius 3 is 2.60 bits per heavy atom. The van der Waals surface area contributed by atoms with E-state index in [4.69, 9.17) is 12.2 Å². The fraction of sp³-hybridized carbons (Fsp3) is 0.0714. The van der Waals surface area contributed by atoms with Gasteiger partial charge in [0, 0.05) is 10.7 Å². The maximum atomic E-state index is 5.15. The van der Waals surface area contributed by atoms with Gasteiger partial charge >= 0.3 is 0 Å². The van der Waals surface area contributed by atoms with Crippen molar-refractivity contribution in [1.29, 1.82) is 0 Å². The monoisotopic (exact) mass is 348 g/mol. The zero-order valence-electron chi connectivity index (χ0n) is 10.8. The third-order valence-electron chi connectivity index (χ3n) is 2.49. The van der Waals surface area contributed by atoms with Gasteiger partial charge in [-0.1, -0.05) is 34.1 Å². The molecule has 0 atom stereocenters. The van der Waals surface area contributed by atoms with E-state index in [9.17, 15) is 0 Å². The second kappa shape index (κ2) is 7.12. The molecule has 0 aliphatic heterocycles. The van der Waals surface area contributed by atoms with Crippen LogP contribution in [0.2, 0.25) is 0 Å². The number of hydrogen-bond acceptors (Lipinski definition) is 3. The Labute approximate surface area is 131 Å². The number of aromatic nitrogens is 1. The molecule has 0 amide bonds. The molecule has 0 unspecified atom stereocenters. The normalized spacial score (nSPS) is 11.0. The molecule has 0 saturated carbocycles. The molecule has 0 aliphatic rings. The van der Waals surface area contributed by atoms with Gasteiger partial charge in [-0.15, -0.1) is 0 Å². The summed E-state index contributed by atoms with van der Waals surface area (Å²) in [5.74, 6) is 0.682. The summed E-state index contributed by atoms with van der Waals surface area (Å²) in [6, 6.07) is 13.5. The first-order valence-corrected chi connectivity index (χ1v) is 7.13. The van der Waals surface area contributed by atoms with Gasteiger partial charge < -0.3 is 5.32 Å². The Morgan fingerprint density at radius 1 is 1.20 bits per heavy atom. The van der Waals surface area contributed by atoms with Crippen LogP contribution >= 0.6 is 28.1 Å². The Balaban J connectivity index is 1.95. The number of nitrogens with one attached hydrogen (secondary N) is 2. The third-order valence-corrected chi connectivity index (χ3v) is 3.22. The van der Waals surface area contributed by atoms with Gasteiger partial charge in [0.05, 0.1) is 5.71 Å². The minimum atomic E-state index is 0.403. The van der Waals surface area contributed by atoms with Gasteiger partial charge in [-0.05, 0) is 49.0 Å². The molecule has 20 heavy (non-hydrogen) atoms. The van der Waals surface area contributed by atoms with Crippen molar-refractivity contribution >= 4 is 44.8 Å². The molecule has 102 valence electrons. The summed E-state index contributed by atoms with van der Waals surface area (Å²) in [6.45, 7) is 1.92. The number of rotatable bonds is 3. The summed E-state index contributed by atoms with van der Waals surface area (Å²) in [7, 11) is 0. The van der Waals surface area contributed by atoms with E-state index >= 15 is 0 Å².